The molecule has 0 radical (unpaired) electrons. The summed E-state index contributed by atoms with van der Waals surface area (Å²) in [5.41, 5.74) is 0.0479. The minimum Gasteiger partial charge on any atom is -0.345 e. The molecular formula is C13H15ClFNO. The number of amides is 1. The van der Waals surface area contributed by atoms with E-state index in [1.54, 1.807) is 6.07 Å². The number of hydrogen-bond donors (Lipinski definition) is 1. The van der Waals surface area contributed by atoms with Gasteiger partial charge in [-0.15, -0.1) is 11.6 Å². The molecule has 1 amide bonds. The largest absolute Gasteiger partial charge is 0.345 e. The van der Waals surface area contributed by atoms with Crippen LogP contribution < -0.4 is 5.32 Å². The molecule has 0 unspecified atom stereocenters. The quantitative estimate of drug-likeness (QED) is 0.827. The number of halogens is 2. The number of rotatable bonds is 3. The molecule has 1 fully saturated rings. The first-order chi connectivity index (χ1) is 8.15. The minimum atomic E-state index is -0.399. The van der Waals surface area contributed by atoms with Crippen molar-refractivity contribution < 1.29 is 9.18 Å². The van der Waals surface area contributed by atoms with Crippen LogP contribution in [0, 0.1) is 5.82 Å². The first kappa shape index (κ1) is 12.4. The number of carbonyl (C=O) groups excluding carboxylic acids is 1. The fraction of sp³-hybridized carbons (Fsp3) is 0.462. The molecule has 1 aliphatic rings. The number of nitrogens with one attached hydrogen (secondary N) is 1. The zero-order valence-electron chi connectivity index (χ0n) is 9.51. The van der Waals surface area contributed by atoms with Crippen molar-refractivity contribution in [3.05, 3.63) is 35.6 Å². The van der Waals surface area contributed by atoms with Crippen molar-refractivity contribution in [2.75, 3.05) is 5.88 Å². The summed E-state index contributed by atoms with van der Waals surface area (Å²) in [5.74, 6) is -0.232. The normalized spacial score (nSPS) is 18.0. The summed E-state index contributed by atoms with van der Waals surface area (Å²) >= 11 is 5.94. The lowest BCUT2D eigenvalue weighted by Crippen LogP contribution is -2.47. The van der Waals surface area contributed by atoms with Gasteiger partial charge < -0.3 is 5.32 Å². The third-order valence-electron chi connectivity index (χ3n) is 3.28. The van der Waals surface area contributed by atoms with Crippen molar-refractivity contribution in [1.82, 2.24) is 5.32 Å². The van der Waals surface area contributed by atoms with Crippen LogP contribution in [0.2, 0.25) is 0 Å². The molecule has 0 spiro atoms. The zero-order chi connectivity index (χ0) is 12.3. The third kappa shape index (κ3) is 2.78. The van der Waals surface area contributed by atoms with Crippen LogP contribution in [-0.4, -0.2) is 17.3 Å². The van der Waals surface area contributed by atoms with E-state index in [4.69, 9.17) is 11.6 Å². The van der Waals surface area contributed by atoms with E-state index in [0.717, 1.165) is 25.7 Å². The van der Waals surface area contributed by atoms with Gasteiger partial charge in [0.05, 0.1) is 5.54 Å². The molecule has 92 valence electrons. The highest BCUT2D eigenvalue weighted by Crippen LogP contribution is 2.31. The van der Waals surface area contributed by atoms with E-state index in [2.05, 4.69) is 5.32 Å². The predicted octanol–water partition coefficient (Wildman–Crippen LogP) is 3.11. The number of alkyl halides is 1. The molecule has 1 aliphatic carbocycles. The Morgan fingerprint density at radius 3 is 2.71 bits per heavy atom. The van der Waals surface area contributed by atoms with Gasteiger partial charge in [-0.1, -0.05) is 18.9 Å². The number of benzene rings is 1. The van der Waals surface area contributed by atoms with E-state index in [9.17, 15) is 9.18 Å². The topological polar surface area (TPSA) is 29.1 Å². The first-order valence-corrected chi connectivity index (χ1v) is 6.33. The molecule has 4 heteroatoms. The maximum Gasteiger partial charge on any atom is 0.251 e. The minimum absolute atomic E-state index is 0.243. The summed E-state index contributed by atoms with van der Waals surface area (Å²) in [6, 6.07) is 5.71. The van der Waals surface area contributed by atoms with Gasteiger partial charge in [-0.3, -0.25) is 4.79 Å². The SMILES string of the molecule is O=C(NC1(CCl)CCCC1)c1cccc(F)c1. The Hall–Kier alpha value is -1.09. The van der Waals surface area contributed by atoms with Crippen LogP contribution in [0.1, 0.15) is 36.0 Å². The molecule has 0 aromatic heterocycles. The van der Waals surface area contributed by atoms with E-state index >= 15 is 0 Å². The van der Waals surface area contributed by atoms with Gasteiger partial charge in [-0.2, -0.15) is 0 Å². The highest BCUT2D eigenvalue weighted by Gasteiger charge is 2.34. The van der Waals surface area contributed by atoms with Gasteiger partial charge in [0, 0.05) is 11.4 Å². The standard InChI is InChI=1S/C13H15ClFNO/c14-9-13(6-1-2-7-13)16-12(17)10-4-3-5-11(15)8-10/h3-5,8H,1-2,6-7,9H2,(H,16,17). The molecule has 0 bridgehead atoms. The second-order valence-electron chi connectivity index (χ2n) is 4.59. The summed E-state index contributed by atoms with van der Waals surface area (Å²) in [6.45, 7) is 0. The molecule has 0 atom stereocenters. The molecule has 1 aromatic rings. The predicted molar refractivity (Wildman–Crippen MR) is 65.8 cm³/mol. The maximum absolute atomic E-state index is 13.0. The van der Waals surface area contributed by atoms with Gasteiger partial charge in [-0.25, -0.2) is 4.39 Å². The Morgan fingerprint density at radius 2 is 2.12 bits per heavy atom. The lowest BCUT2D eigenvalue weighted by Gasteiger charge is -2.27. The Bertz CT molecular complexity index is 416. The molecule has 17 heavy (non-hydrogen) atoms. The fourth-order valence-corrected chi connectivity index (χ4v) is 2.62. The van der Waals surface area contributed by atoms with Crippen LogP contribution in [0.3, 0.4) is 0 Å². The Kier molecular flexibility index (Phi) is 3.67. The van der Waals surface area contributed by atoms with Gasteiger partial charge >= 0.3 is 0 Å². The smallest absolute Gasteiger partial charge is 0.251 e. The third-order valence-corrected chi connectivity index (χ3v) is 3.79. The average Bonchev–Trinajstić information content (AvgIpc) is 2.78. The lowest BCUT2D eigenvalue weighted by atomic mass is 9.99. The van der Waals surface area contributed by atoms with Gasteiger partial charge in [-0.05, 0) is 31.0 Å². The lowest BCUT2D eigenvalue weighted by molar-refractivity contribution is 0.0909. The number of hydrogen-bond acceptors (Lipinski definition) is 1. The molecule has 1 aromatic carbocycles. The zero-order valence-corrected chi connectivity index (χ0v) is 10.3. The van der Waals surface area contributed by atoms with Crippen molar-refractivity contribution >= 4 is 17.5 Å². The second-order valence-corrected chi connectivity index (χ2v) is 4.85. The van der Waals surface area contributed by atoms with Crippen LogP contribution in [0.25, 0.3) is 0 Å². The summed E-state index contributed by atoms with van der Waals surface area (Å²) < 4.78 is 13.0. The van der Waals surface area contributed by atoms with Crippen molar-refractivity contribution in [2.24, 2.45) is 0 Å². The van der Waals surface area contributed by atoms with E-state index in [1.807, 2.05) is 0 Å². The van der Waals surface area contributed by atoms with Crippen molar-refractivity contribution in [2.45, 2.75) is 31.2 Å². The van der Waals surface area contributed by atoms with Crippen molar-refractivity contribution in [1.29, 1.82) is 0 Å². The Balaban J connectivity index is 2.11. The highest BCUT2D eigenvalue weighted by atomic mass is 35.5. The van der Waals surface area contributed by atoms with Crippen molar-refractivity contribution in [3.63, 3.8) is 0 Å². The van der Waals surface area contributed by atoms with Gasteiger partial charge in [0.25, 0.3) is 5.91 Å². The summed E-state index contributed by atoms with van der Waals surface area (Å²) in [4.78, 5) is 12.0. The Labute approximate surface area is 105 Å². The van der Waals surface area contributed by atoms with Gasteiger partial charge in [0.1, 0.15) is 5.82 Å². The van der Waals surface area contributed by atoms with Gasteiger partial charge in [0.15, 0.2) is 0 Å². The summed E-state index contributed by atoms with van der Waals surface area (Å²) in [5, 5.41) is 2.95. The monoisotopic (exact) mass is 255 g/mol. The van der Waals surface area contributed by atoms with Crippen LogP contribution in [0.15, 0.2) is 24.3 Å². The molecule has 1 N–H and O–H groups in total. The molecule has 2 nitrogen and oxygen atoms in total. The molecule has 0 heterocycles. The summed E-state index contributed by atoms with van der Waals surface area (Å²) in [6.07, 6.45) is 3.96. The Morgan fingerprint density at radius 1 is 1.41 bits per heavy atom. The fourth-order valence-electron chi connectivity index (χ4n) is 2.29. The van der Waals surface area contributed by atoms with Gasteiger partial charge in [0.2, 0.25) is 0 Å². The van der Waals surface area contributed by atoms with E-state index in [-0.39, 0.29) is 11.4 Å². The molecule has 1 saturated carbocycles. The molecule has 0 aliphatic heterocycles. The van der Waals surface area contributed by atoms with Crippen LogP contribution in [0.4, 0.5) is 4.39 Å². The maximum atomic E-state index is 13.0. The highest BCUT2D eigenvalue weighted by molar-refractivity contribution is 6.19. The van der Waals surface area contributed by atoms with Crippen LogP contribution in [0.5, 0.6) is 0 Å². The average molecular weight is 256 g/mol. The van der Waals surface area contributed by atoms with E-state index in [1.165, 1.54) is 18.2 Å². The van der Waals surface area contributed by atoms with Crippen molar-refractivity contribution in [3.8, 4) is 0 Å². The second kappa shape index (κ2) is 5.05. The molecule has 2 rings (SSSR count). The molecule has 0 saturated heterocycles. The van der Waals surface area contributed by atoms with E-state index in [0.29, 0.717) is 11.4 Å². The van der Waals surface area contributed by atoms with Crippen LogP contribution >= 0.6 is 11.6 Å². The first-order valence-electron chi connectivity index (χ1n) is 5.79. The van der Waals surface area contributed by atoms with E-state index < -0.39 is 5.82 Å². The summed E-state index contributed by atoms with van der Waals surface area (Å²) in [7, 11) is 0. The number of carbonyl (C=O) groups is 1. The molecular weight excluding hydrogens is 241 g/mol. The van der Waals surface area contributed by atoms with Crippen LogP contribution in [-0.2, 0) is 0 Å².